The van der Waals surface area contributed by atoms with Crippen LogP contribution in [0, 0.1) is 16.7 Å². The molecular formula is C11H16N2. The highest BCUT2D eigenvalue weighted by Gasteiger charge is 2.49. The second kappa shape index (κ2) is 2.55. The zero-order chi connectivity index (χ0) is 9.64. The molecule has 2 aliphatic carbocycles. The van der Waals surface area contributed by atoms with Crippen molar-refractivity contribution in [3.63, 3.8) is 0 Å². The van der Waals surface area contributed by atoms with Crippen LogP contribution in [-0.4, -0.2) is 11.8 Å². The van der Waals surface area contributed by atoms with Crippen molar-refractivity contribution in [2.45, 2.75) is 25.8 Å². The predicted molar refractivity (Wildman–Crippen MR) is 54.8 cm³/mol. The fourth-order valence-electron chi connectivity index (χ4n) is 2.22. The normalized spacial score (nSPS) is 36.5. The highest BCUT2D eigenvalue weighted by Crippen LogP contribution is 2.55. The predicted octanol–water partition coefficient (Wildman–Crippen LogP) is 1.88. The summed E-state index contributed by atoms with van der Waals surface area (Å²) in [5, 5.41) is 7.68. The third-order valence-electron chi connectivity index (χ3n) is 3.38. The van der Waals surface area contributed by atoms with E-state index < -0.39 is 0 Å². The van der Waals surface area contributed by atoms with E-state index in [0.717, 1.165) is 5.57 Å². The van der Waals surface area contributed by atoms with E-state index in [9.17, 15) is 0 Å². The maximum Gasteiger partial charge on any atom is 0.0567 e. The minimum Gasteiger partial charge on any atom is -0.324 e. The molecule has 0 aromatic rings. The standard InChI is InChI=1S/C11H16N2/c1-7-8(12)3-4-9(13)10(7)11(2)5-6-11/h3-4,9-10,12H,1,5-6,13H2,2H3. The highest BCUT2D eigenvalue weighted by molar-refractivity contribution is 6.07. The van der Waals surface area contributed by atoms with Crippen molar-refractivity contribution >= 4 is 5.71 Å². The van der Waals surface area contributed by atoms with E-state index in [2.05, 4.69) is 13.5 Å². The van der Waals surface area contributed by atoms with Crippen LogP contribution in [-0.2, 0) is 0 Å². The molecule has 2 nitrogen and oxygen atoms in total. The van der Waals surface area contributed by atoms with Crippen LogP contribution >= 0.6 is 0 Å². The van der Waals surface area contributed by atoms with Crippen molar-refractivity contribution in [1.82, 2.24) is 0 Å². The Morgan fingerprint density at radius 2 is 2.23 bits per heavy atom. The minimum atomic E-state index is 0.0640. The Kier molecular flexibility index (Phi) is 1.70. The molecule has 2 aliphatic rings. The molecule has 0 amide bonds. The number of allylic oxidation sites excluding steroid dienone is 1. The van der Waals surface area contributed by atoms with Gasteiger partial charge in [0.25, 0.3) is 0 Å². The zero-order valence-electron chi connectivity index (χ0n) is 8.01. The number of hydrogen-bond donors (Lipinski definition) is 2. The van der Waals surface area contributed by atoms with Crippen molar-refractivity contribution in [2.75, 3.05) is 0 Å². The van der Waals surface area contributed by atoms with E-state index in [1.165, 1.54) is 12.8 Å². The van der Waals surface area contributed by atoms with Gasteiger partial charge in [-0.15, -0.1) is 0 Å². The molecule has 0 aromatic heterocycles. The number of nitrogens with two attached hydrogens (primary N) is 1. The molecule has 0 aliphatic heterocycles. The average Bonchev–Trinajstić information content (AvgIpc) is 2.78. The Morgan fingerprint density at radius 3 is 2.77 bits per heavy atom. The molecule has 13 heavy (non-hydrogen) atoms. The van der Waals surface area contributed by atoms with Gasteiger partial charge < -0.3 is 11.1 Å². The molecular weight excluding hydrogens is 160 g/mol. The van der Waals surface area contributed by atoms with Gasteiger partial charge in [-0.25, -0.2) is 0 Å². The largest absolute Gasteiger partial charge is 0.324 e. The van der Waals surface area contributed by atoms with Gasteiger partial charge in [-0.3, -0.25) is 0 Å². The lowest BCUT2D eigenvalue weighted by atomic mass is 9.75. The van der Waals surface area contributed by atoms with Gasteiger partial charge in [0, 0.05) is 12.0 Å². The first-order valence-corrected chi connectivity index (χ1v) is 4.76. The van der Waals surface area contributed by atoms with Gasteiger partial charge in [0.2, 0.25) is 0 Å². The van der Waals surface area contributed by atoms with Crippen molar-refractivity contribution < 1.29 is 0 Å². The molecule has 0 saturated heterocycles. The van der Waals surface area contributed by atoms with Crippen LogP contribution in [0.5, 0.6) is 0 Å². The van der Waals surface area contributed by atoms with E-state index in [1.54, 1.807) is 6.08 Å². The van der Waals surface area contributed by atoms with Crippen LogP contribution in [0.25, 0.3) is 0 Å². The Labute approximate surface area is 79.0 Å². The summed E-state index contributed by atoms with van der Waals surface area (Å²) in [4.78, 5) is 0. The summed E-state index contributed by atoms with van der Waals surface area (Å²) in [6.07, 6.45) is 6.16. The summed E-state index contributed by atoms with van der Waals surface area (Å²) >= 11 is 0. The summed E-state index contributed by atoms with van der Waals surface area (Å²) in [6, 6.07) is 0.0640. The molecule has 0 heterocycles. The van der Waals surface area contributed by atoms with Gasteiger partial charge >= 0.3 is 0 Å². The van der Waals surface area contributed by atoms with Gasteiger partial charge in [0.15, 0.2) is 0 Å². The lowest BCUT2D eigenvalue weighted by Crippen LogP contribution is -2.39. The fourth-order valence-corrected chi connectivity index (χ4v) is 2.22. The van der Waals surface area contributed by atoms with Crippen molar-refractivity contribution in [1.29, 1.82) is 5.41 Å². The monoisotopic (exact) mass is 176 g/mol. The third-order valence-corrected chi connectivity index (χ3v) is 3.38. The molecule has 2 heteroatoms. The summed E-state index contributed by atoms with van der Waals surface area (Å²) in [5.74, 6) is 0.296. The van der Waals surface area contributed by atoms with Gasteiger partial charge in [0.05, 0.1) is 5.71 Å². The molecule has 2 rings (SSSR count). The van der Waals surface area contributed by atoms with Crippen molar-refractivity contribution in [2.24, 2.45) is 17.1 Å². The Hall–Kier alpha value is -0.890. The number of rotatable bonds is 1. The molecule has 2 unspecified atom stereocenters. The summed E-state index contributed by atoms with van der Waals surface area (Å²) < 4.78 is 0. The molecule has 2 atom stereocenters. The van der Waals surface area contributed by atoms with E-state index in [1.807, 2.05) is 6.08 Å². The quantitative estimate of drug-likeness (QED) is 0.629. The molecule has 1 saturated carbocycles. The zero-order valence-corrected chi connectivity index (χ0v) is 8.01. The van der Waals surface area contributed by atoms with Gasteiger partial charge in [0.1, 0.15) is 0 Å². The molecule has 0 bridgehead atoms. The van der Waals surface area contributed by atoms with Crippen molar-refractivity contribution in [3.8, 4) is 0 Å². The maximum atomic E-state index is 7.68. The lowest BCUT2D eigenvalue weighted by Gasteiger charge is -2.32. The number of nitrogens with one attached hydrogen (secondary N) is 1. The first-order valence-electron chi connectivity index (χ1n) is 4.76. The first kappa shape index (κ1) is 8.70. The Balaban J connectivity index is 2.31. The SMILES string of the molecule is C=C1C(=N)C=CC(N)C1C1(C)CC1. The third kappa shape index (κ3) is 1.25. The van der Waals surface area contributed by atoms with E-state index in [4.69, 9.17) is 11.1 Å². The lowest BCUT2D eigenvalue weighted by molar-refractivity contribution is 0.363. The smallest absolute Gasteiger partial charge is 0.0567 e. The van der Waals surface area contributed by atoms with E-state index >= 15 is 0 Å². The van der Waals surface area contributed by atoms with Crippen LogP contribution in [0.4, 0.5) is 0 Å². The topological polar surface area (TPSA) is 49.9 Å². The Bertz CT molecular complexity index is 297. The molecule has 0 radical (unpaired) electrons. The molecule has 0 aromatic carbocycles. The van der Waals surface area contributed by atoms with Crippen LogP contribution in [0.2, 0.25) is 0 Å². The van der Waals surface area contributed by atoms with Gasteiger partial charge in [-0.05, 0) is 29.9 Å². The van der Waals surface area contributed by atoms with Crippen LogP contribution in [0.1, 0.15) is 19.8 Å². The molecule has 70 valence electrons. The second-order valence-corrected chi connectivity index (χ2v) is 4.51. The van der Waals surface area contributed by atoms with Crippen LogP contribution < -0.4 is 5.73 Å². The molecule has 0 spiro atoms. The van der Waals surface area contributed by atoms with Gasteiger partial charge in [-0.2, -0.15) is 0 Å². The van der Waals surface area contributed by atoms with Crippen molar-refractivity contribution in [3.05, 3.63) is 24.3 Å². The maximum absolute atomic E-state index is 7.68. The van der Waals surface area contributed by atoms with E-state index in [0.29, 0.717) is 17.0 Å². The average molecular weight is 176 g/mol. The Morgan fingerprint density at radius 1 is 1.62 bits per heavy atom. The second-order valence-electron chi connectivity index (χ2n) is 4.51. The summed E-state index contributed by atoms with van der Waals surface area (Å²) in [6.45, 7) is 6.22. The van der Waals surface area contributed by atoms with Gasteiger partial charge in [-0.1, -0.05) is 19.6 Å². The molecule has 1 fully saturated rings. The number of hydrogen-bond acceptors (Lipinski definition) is 2. The summed E-state index contributed by atoms with van der Waals surface area (Å²) in [5.41, 5.74) is 7.82. The van der Waals surface area contributed by atoms with E-state index in [-0.39, 0.29) is 6.04 Å². The highest BCUT2D eigenvalue weighted by atomic mass is 14.7. The molecule has 3 N–H and O–H groups in total. The summed E-state index contributed by atoms with van der Waals surface area (Å²) in [7, 11) is 0. The van der Waals surface area contributed by atoms with Crippen LogP contribution in [0.15, 0.2) is 24.3 Å². The first-order chi connectivity index (χ1) is 6.04. The fraction of sp³-hybridized carbons (Fsp3) is 0.545. The van der Waals surface area contributed by atoms with Crippen LogP contribution in [0.3, 0.4) is 0 Å². The minimum absolute atomic E-state index is 0.0640.